The van der Waals surface area contributed by atoms with Crippen molar-refractivity contribution < 1.29 is 33.3 Å². The first kappa shape index (κ1) is 36.3. The first-order valence-electron chi connectivity index (χ1n) is 18.5. The number of methoxy groups -OCH3 is 2. The molecule has 0 fully saturated rings. The predicted molar refractivity (Wildman–Crippen MR) is 215 cm³/mol. The van der Waals surface area contributed by atoms with Crippen molar-refractivity contribution in [2.75, 3.05) is 32.8 Å². The molecule has 4 aliphatic rings. The summed E-state index contributed by atoms with van der Waals surface area (Å²) in [5, 5.41) is 2.77. The van der Waals surface area contributed by atoms with Crippen molar-refractivity contribution >= 4 is 58.4 Å². The number of carbonyl (C=O) groups excluding carboxylic acids is 3. The fourth-order valence-electron chi connectivity index (χ4n) is 7.35. The lowest BCUT2D eigenvalue weighted by Crippen LogP contribution is -2.32. The average molecular weight is 752 g/mol. The largest absolute Gasteiger partial charge is 0.497 e. The van der Waals surface area contributed by atoms with E-state index in [0.717, 1.165) is 33.6 Å². The maximum Gasteiger partial charge on any atom is 0.260 e. The molecule has 2 atom stereocenters. The van der Waals surface area contributed by atoms with Crippen molar-refractivity contribution in [3.05, 3.63) is 113 Å². The van der Waals surface area contributed by atoms with Crippen molar-refractivity contribution in [3.63, 3.8) is 0 Å². The van der Waals surface area contributed by atoms with E-state index in [1.807, 2.05) is 86.2 Å². The molecular formula is C44H41N5O7. The molecule has 0 bridgehead atoms. The number of anilines is 1. The lowest BCUT2D eigenvalue weighted by Gasteiger charge is -2.19. The SMILES string of the molecule is COc1ccc(C2=CN3C(=O)c4cc(C)c(OCCCOc5cc6c(cc5OC)C(=O)N5C=C(c7ccc(NC(C)=O)cc7)CC5C=N6)cc4N=CC3C2)cc1. The van der Waals surface area contributed by atoms with Crippen molar-refractivity contribution in [1.82, 2.24) is 9.80 Å². The van der Waals surface area contributed by atoms with Crippen LogP contribution in [-0.2, 0) is 4.79 Å². The number of nitrogens with one attached hydrogen (secondary N) is 1. The first-order valence-corrected chi connectivity index (χ1v) is 18.5. The number of benzene rings is 4. The Bertz CT molecular complexity index is 2350. The highest BCUT2D eigenvalue weighted by atomic mass is 16.5. The van der Waals surface area contributed by atoms with Crippen LogP contribution in [0.2, 0.25) is 0 Å². The summed E-state index contributed by atoms with van der Waals surface area (Å²) in [4.78, 5) is 51.8. The second-order valence-electron chi connectivity index (χ2n) is 14.0. The van der Waals surface area contributed by atoms with Gasteiger partial charge >= 0.3 is 0 Å². The van der Waals surface area contributed by atoms with E-state index < -0.39 is 0 Å². The minimum atomic E-state index is -0.236. The van der Waals surface area contributed by atoms with Crippen LogP contribution in [0.5, 0.6) is 23.0 Å². The number of ether oxygens (including phenoxy) is 4. The Hall–Kier alpha value is -6.69. The van der Waals surface area contributed by atoms with Gasteiger partial charge in [-0.15, -0.1) is 0 Å². The van der Waals surface area contributed by atoms with Gasteiger partial charge in [-0.05, 0) is 71.2 Å². The van der Waals surface area contributed by atoms with Crippen LogP contribution in [0.25, 0.3) is 11.1 Å². The molecule has 56 heavy (non-hydrogen) atoms. The molecule has 4 heterocycles. The summed E-state index contributed by atoms with van der Waals surface area (Å²) < 4.78 is 23.2. The Morgan fingerprint density at radius 2 is 1.25 bits per heavy atom. The number of nitrogens with zero attached hydrogens (tertiary/aromatic N) is 4. The Labute approximate surface area is 324 Å². The van der Waals surface area contributed by atoms with E-state index in [9.17, 15) is 14.4 Å². The van der Waals surface area contributed by atoms with Crippen LogP contribution in [-0.4, -0.2) is 79.5 Å². The Balaban J connectivity index is 0.887. The summed E-state index contributed by atoms with van der Waals surface area (Å²) in [6, 6.07) is 22.1. The van der Waals surface area contributed by atoms with Crippen LogP contribution in [0, 0.1) is 6.92 Å². The molecule has 1 N–H and O–H groups in total. The summed E-state index contributed by atoms with van der Waals surface area (Å²) in [6.45, 7) is 4.09. The van der Waals surface area contributed by atoms with E-state index >= 15 is 0 Å². The molecule has 4 aromatic carbocycles. The second kappa shape index (κ2) is 15.2. The molecule has 12 heteroatoms. The molecule has 12 nitrogen and oxygen atoms in total. The third-order valence-electron chi connectivity index (χ3n) is 10.3. The molecule has 2 unspecified atom stereocenters. The lowest BCUT2D eigenvalue weighted by molar-refractivity contribution is -0.114. The van der Waals surface area contributed by atoms with Gasteiger partial charge in [-0.3, -0.25) is 24.4 Å². The standard InChI is InChI=1S/C44H41N5O7/c1-26-16-36-38(45-22-33-18-31(25-48(33)43(36)51)29-8-12-35(53-3)13-9-29)20-40(26)55-14-5-15-56-42-21-39-37(19-41(42)54-4)44(52)49-24-30(17-34(49)23-46-39)28-6-10-32(11-7-28)47-27(2)50/h6-13,16,19-25,33-34H,5,14-15,17-18H2,1-4H3,(H,47,50). The smallest absolute Gasteiger partial charge is 0.260 e. The van der Waals surface area contributed by atoms with Crippen molar-refractivity contribution in [1.29, 1.82) is 0 Å². The van der Waals surface area contributed by atoms with E-state index in [2.05, 4.69) is 5.32 Å². The molecule has 0 aliphatic carbocycles. The van der Waals surface area contributed by atoms with Gasteiger partial charge in [0.15, 0.2) is 11.5 Å². The molecular weight excluding hydrogens is 711 g/mol. The number of amides is 3. The number of hydrogen-bond donors (Lipinski definition) is 1. The van der Waals surface area contributed by atoms with E-state index in [1.54, 1.807) is 35.3 Å². The summed E-state index contributed by atoms with van der Waals surface area (Å²) in [5.74, 6) is 1.94. The van der Waals surface area contributed by atoms with Gasteiger partial charge in [-0.25, -0.2) is 0 Å². The second-order valence-corrected chi connectivity index (χ2v) is 14.0. The van der Waals surface area contributed by atoms with Gasteiger partial charge < -0.3 is 34.1 Å². The zero-order valence-corrected chi connectivity index (χ0v) is 31.6. The third-order valence-corrected chi connectivity index (χ3v) is 10.3. The fourth-order valence-corrected chi connectivity index (χ4v) is 7.35. The van der Waals surface area contributed by atoms with Gasteiger partial charge in [0.2, 0.25) is 5.91 Å². The van der Waals surface area contributed by atoms with Crippen LogP contribution in [0.3, 0.4) is 0 Å². The molecule has 4 aliphatic heterocycles. The van der Waals surface area contributed by atoms with E-state index in [0.29, 0.717) is 77.9 Å². The minimum Gasteiger partial charge on any atom is -0.497 e. The van der Waals surface area contributed by atoms with Gasteiger partial charge in [-0.1, -0.05) is 24.3 Å². The van der Waals surface area contributed by atoms with Gasteiger partial charge in [0.1, 0.15) is 11.5 Å². The fraction of sp³-hybridized carbons (Fsp3) is 0.250. The number of aliphatic imine (C=N–C) groups is 2. The quantitative estimate of drug-likeness (QED) is 0.155. The highest BCUT2D eigenvalue weighted by Crippen LogP contribution is 2.41. The predicted octanol–water partition coefficient (Wildman–Crippen LogP) is 7.76. The first-order chi connectivity index (χ1) is 27.2. The molecule has 0 radical (unpaired) electrons. The summed E-state index contributed by atoms with van der Waals surface area (Å²) in [7, 11) is 3.18. The molecule has 0 aromatic heterocycles. The molecule has 284 valence electrons. The van der Waals surface area contributed by atoms with Crippen LogP contribution in [0.15, 0.2) is 95.2 Å². The van der Waals surface area contributed by atoms with Crippen molar-refractivity contribution in [2.45, 2.75) is 45.2 Å². The molecule has 4 aromatic rings. The van der Waals surface area contributed by atoms with Gasteiger partial charge in [-0.2, -0.15) is 0 Å². The van der Waals surface area contributed by atoms with Crippen molar-refractivity contribution in [3.8, 4) is 23.0 Å². The van der Waals surface area contributed by atoms with E-state index in [-0.39, 0.29) is 29.8 Å². The zero-order valence-electron chi connectivity index (χ0n) is 31.6. The Kier molecular flexibility index (Phi) is 9.86. The summed E-state index contributed by atoms with van der Waals surface area (Å²) in [6.07, 6.45) is 9.27. The molecule has 8 rings (SSSR count). The van der Waals surface area contributed by atoms with Gasteiger partial charge in [0.25, 0.3) is 11.8 Å². The monoisotopic (exact) mass is 751 g/mol. The third kappa shape index (κ3) is 7.13. The summed E-state index contributed by atoms with van der Waals surface area (Å²) >= 11 is 0. The van der Waals surface area contributed by atoms with Crippen molar-refractivity contribution in [2.24, 2.45) is 9.98 Å². The maximum absolute atomic E-state index is 13.8. The maximum atomic E-state index is 13.8. The van der Waals surface area contributed by atoms with Crippen LogP contribution >= 0.6 is 0 Å². The molecule has 0 saturated heterocycles. The normalized spacial score (nSPS) is 17.9. The zero-order chi connectivity index (χ0) is 38.9. The van der Waals surface area contributed by atoms with Crippen LogP contribution in [0.1, 0.15) is 63.6 Å². The molecule has 3 amide bonds. The van der Waals surface area contributed by atoms with Gasteiger partial charge in [0.05, 0.1) is 62.0 Å². The molecule has 0 saturated carbocycles. The number of aryl methyl sites for hydroxylation is 1. The average Bonchev–Trinajstić information content (AvgIpc) is 3.78. The lowest BCUT2D eigenvalue weighted by atomic mass is 10.0. The van der Waals surface area contributed by atoms with Gasteiger partial charge in [0, 0.05) is 68.8 Å². The topological polar surface area (TPSA) is 131 Å². The Morgan fingerprint density at radius 1 is 0.714 bits per heavy atom. The highest BCUT2D eigenvalue weighted by molar-refractivity contribution is 6.06. The number of rotatable bonds is 11. The summed E-state index contributed by atoms with van der Waals surface area (Å²) in [5.41, 5.74) is 7.68. The van der Waals surface area contributed by atoms with E-state index in [4.69, 9.17) is 28.9 Å². The number of carbonyl (C=O) groups is 3. The van der Waals surface area contributed by atoms with Crippen LogP contribution < -0.4 is 24.3 Å². The van der Waals surface area contributed by atoms with Crippen LogP contribution in [0.4, 0.5) is 17.1 Å². The van der Waals surface area contributed by atoms with E-state index in [1.165, 1.54) is 14.0 Å². The minimum absolute atomic E-state index is 0.0946. The molecule has 0 spiro atoms. The Morgan fingerprint density at radius 3 is 1.80 bits per heavy atom. The number of hydrogen-bond acceptors (Lipinski definition) is 9. The number of fused-ring (bicyclic) bond motifs is 4. The highest BCUT2D eigenvalue weighted by Gasteiger charge is 2.35.